The molecule has 1 aliphatic heterocycles. The standard InChI is InChI=1S/C15H23NO3/c17-14(10-12-4-1-2-5-12)16-9-3-6-13(11-16)7-8-15(18)19/h1,4,12-13H,2-3,5-11H2,(H,18,19)/t12-,13+/m1/s1. The Hall–Kier alpha value is -1.32. The van der Waals surface area contributed by atoms with Gasteiger partial charge in [0, 0.05) is 25.9 Å². The first-order valence-electron chi connectivity index (χ1n) is 7.31. The van der Waals surface area contributed by atoms with Gasteiger partial charge in [0.05, 0.1) is 0 Å². The maximum atomic E-state index is 12.2. The van der Waals surface area contributed by atoms with Crippen molar-refractivity contribution in [2.45, 2.75) is 44.9 Å². The second-order valence-corrected chi connectivity index (χ2v) is 5.75. The molecule has 1 aliphatic carbocycles. The number of amides is 1. The molecule has 0 radical (unpaired) electrons. The van der Waals surface area contributed by atoms with E-state index in [4.69, 9.17) is 5.11 Å². The topological polar surface area (TPSA) is 57.6 Å². The number of carboxylic acid groups (broad SMARTS) is 1. The minimum Gasteiger partial charge on any atom is -0.481 e. The molecular formula is C15H23NO3. The minimum atomic E-state index is -0.737. The molecule has 1 saturated heterocycles. The fourth-order valence-electron chi connectivity index (χ4n) is 3.07. The van der Waals surface area contributed by atoms with E-state index in [1.165, 1.54) is 0 Å². The molecule has 1 heterocycles. The monoisotopic (exact) mass is 265 g/mol. The number of piperidine rings is 1. The molecule has 4 nitrogen and oxygen atoms in total. The fourth-order valence-corrected chi connectivity index (χ4v) is 3.07. The quantitative estimate of drug-likeness (QED) is 0.777. The van der Waals surface area contributed by atoms with Gasteiger partial charge < -0.3 is 10.0 Å². The zero-order valence-electron chi connectivity index (χ0n) is 11.4. The van der Waals surface area contributed by atoms with Gasteiger partial charge in [0.1, 0.15) is 0 Å². The number of aliphatic carboxylic acids is 1. The summed E-state index contributed by atoms with van der Waals surface area (Å²) >= 11 is 0. The highest BCUT2D eigenvalue weighted by Gasteiger charge is 2.25. The predicted octanol–water partition coefficient (Wildman–Crippen LogP) is 2.45. The van der Waals surface area contributed by atoms with Crippen LogP contribution in [0.15, 0.2) is 12.2 Å². The molecule has 0 unspecified atom stereocenters. The van der Waals surface area contributed by atoms with E-state index in [-0.39, 0.29) is 12.3 Å². The Morgan fingerprint density at radius 1 is 1.32 bits per heavy atom. The van der Waals surface area contributed by atoms with Crippen LogP contribution in [0.3, 0.4) is 0 Å². The Kier molecular flexibility index (Phi) is 5.00. The molecule has 0 aromatic rings. The molecule has 0 saturated carbocycles. The van der Waals surface area contributed by atoms with E-state index in [9.17, 15) is 9.59 Å². The highest BCUT2D eigenvalue weighted by molar-refractivity contribution is 5.76. The minimum absolute atomic E-state index is 0.220. The molecule has 4 heteroatoms. The zero-order chi connectivity index (χ0) is 13.7. The van der Waals surface area contributed by atoms with E-state index >= 15 is 0 Å². The van der Waals surface area contributed by atoms with E-state index in [2.05, 4.69) is 12.2 Å². The van der Waals surface area contributed by atoms with E-state index in [1.807, 2.05) is 4.90 Å². The smallest absolute Gasteiger partial charge is 0.303 e. The maximum absolute atomic E-state index is 12.2. The van der Waals surface area contributed by atoms with Crippen LogP contribution in [0.4, 0.5) is 0 Å². The van der Waals surface area contributed by atoms with E-state index in [0.717, 1.165) is 38.8 Å². The van der Waals surface area contributed by atoms with E-state index < -0.39 is 5.97 Å². The Balaban J connectivity index is 1.77. The molecule has 2 atom stereocenters. The fraction of sp³-hybridized carbons (Fsp3) is 0.733. The van der Waals surface area contributed by atoms with Gasteiger partial charge in [-0.25, -0.2) is 0 Å². The summed E-state index contributed by atoms with van der Waals surface area (Å²) in [5, 5.41) is 8.72. The Morgan fingerprint density at radius 3 is 2.84 bits per heavy atom. The summed E-state index contributed by atoms with van der Waals surface area (Å²) in [4.78, 5) is 24.8. The Labute approximate surface area is 114 Å². The molecule has 0 aromatic carbocycles. The van der Waals surface area contributed by atoms with Crippen molar-refractivity contribution in [2.24, 2.45) is 11.8 Å². The molecule has 1 fully saturated rings. The maximum Gasteiger partial charge on any atom is 0.303 e. The molecular weight excluding hydrogens is 242 g/mol. The summed E-state index contributed by atoms with van der Waals surface area (Å²) < 4.78 is 0. The number of nitrogens with zero attached hydrogens (tertiary/aromatic N) is 1. The van der Waals surface area contributed by atoms with Crippen molar-refractivity contribution in [1.29, 1.82) is 0 Å². The second-order valence-electron chi connectivity index (χ2n) is 5.75. The zero-order valence-corrected chi connectivity index (χ0v) is 11.4. The Morgan fingerprint density at radius 2 is 2.16 bits per heavy atom. The highest BCUT2D eigenvalue weighted by atomic mass is 16.4. The first-order chi connectivity index (χ1) is 9.15. The molecule has 19 heavy (non-hydrogen) atoms. The summed E-state index contributed by atoms with van der Waals surface area (Å²) in [6, 6.07) is 0. The number of likely N-dealkylation sites (tertiary alicyclic amines) is 1. The molecule has 1 amide bonds. The van der Waals surface area contributed by atoms with E-state index in [1.54, 1.807) is 0 Å². The number of carbonyl (C=O) groups excluding carboxylic acids is 1. The summed E-state index contributed by atoms with van der Waals surface area (Å²) in [6.07, 6.45) is 10.1. The average Bonchev–Trinajstić information content (AvgIpc) is 2.89. The van der Waals surface area contributed by atoms with Crippen LogP contribution in [-0.4, -0.2) is 35.0 Å². The van der Waals surface area contributed by atoms with Crippen LogP contribution in [-0.2, 0) is 9.59 Å². The van der Waals surface area contributed by atoms with Crippen molar-refractivity contribution >= 4 is 11.9 Å². The van der Waals surface area contributed by atoms with Gasteiger partial charge in [-0.05, 0) is 43.9 Å². The van der Waals surface area contributed by atoms with Crippen molar-refractivity contribution in [3.63, 3.8) is 0 Å². The second kappa shape index (κ2) is 6.73. The summed E-state index contributed by atoms with van der Waals surface area (Å²) in [7, 11) is 0. The van der Waals surface area contributed by atoms with Gasteiger partial charge in [-0.1, -0.05) is 12.2 Å². The van der Waals surface area contributed by atoms with Crippen LogP contribution in [0.25, 0.3) is 0 Å². The third-order valence-corrected chi connectivity index (χ3v) is 4.19. The van der Waals surface area contributed by atoms with Gasteiger partial charge in [0.2, 0.25) is 5.91 Å². The molecule has 0 aromatic heterocycles. The number of carbonyl (C=O) groups is 2. The van der Waals surface area contributed by atoms with Crippen molar-refractivity contribution in [1.82, 2.24) is 4.90 Å². The molecule has 0 bridgehead atoms. The summed E-state index contributed by atoms with van der Waals surface area (Å²) in [5.41, 5.74) is 0. The van der Waals surface area contributed by atoms with Crippen LogP contribution >= 0.6 is 0 Å². The average molecular weight is 265 g/mol. The lowest BCUT2D eigenvalue weighted by molar-refractivity contribution is -0.137. The van der Waals surface area contributed by atoms with Gasteiger partial charge in [0.15, 0.2) is 0 Å². The number of carboxylic acids is 1. The Bertz CT molecular complexity index is 364. The van der Waals surface area contributed by atoms with Gasteiger partial charge in [-0.3, -0.25) is 9.59 Å². The van der Waals surface area contributed by atoms with E-state index in [0.29, 0.717) is 24.7 Å². The lowest BCUT2D eigenvalue weighted by atomic mass is 9.92. The molecule has 2 aliphatic rings. The number of allylic oxidation sites excluding steroid dienone is 2. The molecule has 2 rings (SSSR count). The predicted molar refractivity (Wildman–Crippen MR) is 72.7 cm³/mol. The van der Waals surface area contributed by atoms with Crippen molar-refractivity contribution in [3.05, 3.63) is 12.2 Å². The summed E-state index contributed by atoms with van der Waals surface area (Å²) in [6.45, 7) is 1.60. The van der Waals surface area contributed by atoms with Crippen LogP contribution in [0.5, 0.6) is 0 Å². The van der Waals surface area contributed by atoms with Crippen LogP contribution in [0.1, 0.15) is 44.9 Å². The number of hydrogen-bond donors (Lipinski definition) is 1. The molecule has 0 spiro atoms. The van der Waals surface area contributed by atoms with Crippen LogP contribution in [0.2, 0.25) is 0 Å². The van der Waals surface area contributed by atoms with Crippen molar-refractivity contribution < 1.29 is 14.7 Å². The van der Waals surface area contributed by atoms with Crippen molar-refractivity contribution in [3.8, 4) is 0 Å². The van der Waals surface area contributed by atoms with Gasteiger partial charge in [-0.15, -0.1) is 0 Å². The van der Waals surface area contributed by atoms with Crippen LogP contribution < -0.4 is 0 Å². The first-order valence-corrected chi connectivity index (χ1v) is 7.31. The molecule has 1 N–H and O–H groups in total. The third kappa shape index (κ3) is 4.37. The normalized spacial score (nSPS) is 26.6. The van der Waals surface area contributed by atoms with Gasteiger partial charge in [-0.2, -0.15) is 0 Å². The van der Waals surface area contributed by atoms with Crippen LogP contribution in [0, 0.1) is 11.8 Å². The van der Waals surface area contributed by atoms with Gasteiger partial charge in [0.25, 0.3) is 0 Å². The van der Waals surface area contributed by atoms with Crippen molar-refractivity contribution in [2.75, 3.05) is 13.1 Å². The highest BCUT2D eigenvalue weighted by Crippen LogP contribution is 2.25. The largest absolute Gasteiger partial charge is 0.481 e. The first kappa shape index (κ1) is 14.1. The lowest BCUT2D eigenvalue weighted by Gasteiger charge is -2.33. The lowest BCUT2D eigenvalue weighted by Crippen LogP contribution is -2.40. The molecule has 106 valence electrons. The van der Waals surface area contributed by atoms with Gasteiger partial charge >= 0.3 is 5.97 Å². The third-order valence-electron chi connectivity index (χ3n) is 4.19. The number of hydrogen-bond acceptors (Lipinski definition) is 2. The summed E-state index contributed by atoms with van der Waals surface area (Å²) in [5.74, 6) is 0.302. The number of rotatable bonds is 5. The SMILES string of the molecule is O=C(O)CC[C@@H]1CCCN(C(=O)C[C@@H]2C=CCC2)C1.